The number of aryl methyl sites for hydroxylation is 1. The number of amides is 1. The van der Waals surface area contributed by atoms with Crippen molar-refractivity contribution in [1.82, 2.24) is 19.4 Å². The fourth-order valence-corrected chi connectivity index (χ4v) is 3.84. The Labute approximate surface area is 176 Å². The molecule has 1 aromatic carbocycles. The quantitative estimate of drug-likeness (QED) is 0.497. The van der Waals surface area contributed by atoms with Gasteiger partial charge in [-0.25, -0.2) is 4.98 Å². The third-order valence-electron chi connectivity index (χ3n) is 4.56. The van der Waals surface area contributed by atoms with Crippen LogP contribution in [-0.2, 0) is 25.9 Å². The van der Waals surface area contributed by atoms with Gasteiger partial charge in [-0.15, -0.1) is 0 Å². The zero-order valence-electron chi connectivity index (χ0n) is 17.5. The molecule has 0 saturated heterocycles. The molecule has 29 heavy (non-hydrogen) atoms. The van der Waals surface area contributed by atoms with E-state index in [4.69, 9.17) is 4.42 Å². The van der Waals surface area contributed by atoms with Crippen LogP contribution in [0.4, 0.5) is 0 Å². The van der Waals surface area contributed by atoms with Gasteiger partial charge in [-0.3, -0.25) is 4.79 Å². The average molecular weight is 413 g/mol. The lowest BCUT2D eigenvalue weighted by atomic mass is 10.1. The molecule has 0 saturated carbocycles. The minimum Gasteiger partial charge on any atom is -0.455 e. The van der Waals surface area contributed by atoms with Crippen molar-refractivity contribution >= 4 is 17.7 Å². The molecule has 3 rings (SSSR count). The van der Waals surface area contributed by atoms with E-state index < -0.39 is 0 Å². The summed E-state index contributed by atoms with van der Waals surface area (Å²) < 4.78 is 7.77. The highest BCUT2D eigenvalue weighted by Gasteiger charge is 2.18. The molecule has 0 bridgehead atoms. The molecule has 0 aliphatic heterocycles. The van der Waals surface area contributed by atoms with E-state index in [2.05, 4.69) is 48.2 Å². The predicted octanol–water partition coefficient (Wildman–Crippen LogP) is 4.03. The number of nitrogens with zero attached hydrogens (tertiary/aromatic N) is 4. The number of carbonyl (C=O) groups excluding carboxylic acids is 1. The van der Waals surface area contributed by atoms with Crippen molar-refractivity contribution in [2.24, 2.45) is 7.05 Å². The van der Waals surface area contributed by atoms with Crippen LogP contribution in [0, 0.1) is 0 Å². The molecule has 7 heteroatoms. The van der Waals surface area contributed by atoms with E-state index in [-0.39, 0.29) is 5.91 Å². The average Bonchev–Trinajstić information content (AvgIpc) is 3.33. The lowest BCUT2D eigenvalue weighted by Gasteiger charge is -2.20. The van der Waals surface area contributed by atoms with Crippen LogP contribution in [0.25, 0.3) is 0 Å². The van der Waals surface area contributed by atoms with Gasteiger partial charge in [0.1, 0.15) is 5.76 Å². The maximum atomic E-state index is 12.9. The first-order valence-corrected chi connectivity index (χ1v) is 10.7. The van der Waals surface area contributed by atoms with Crippen LogP contribution in [0.2, 0.25) is 0 Å². The molecule has 0 radical (unpaired) electrons. The molecule has 0 aliphatic rings. The predicted molar refractivity (Wildman–Crippen MR) is 116 cm³/mol. The number of benzene rings is 1. The van der Waals surface area contributed by atoms with E-state index in [9.17, 15) is 4.79 Å². The first-order valence-electron chi connectivity index (χ1n) is 9.67. The summed E-state index contributed by atoms with van der Waals surface area (Å²) in [5, 5.41) is 0.919. The minimum absolute atomic E-state index is 0.0851. The first kappa shape index (κ1) is 21.2. The smallest absolute Gasteiger partial charge is 0.289 e. The van der Waals surface area contributed by atoms with E-state index in [1.807, 2.05) is 30.8 Å². The molecule has 2 aromatic heterocycles. The van der Waals surface area contributed by atoms with Crippen molar-refractivity contribution in [3.63, 3.8) is 0 Å². The van der Waals surface area contributed by atoms with E-state index in [0.717, 1.165) is 23.0 Å². The summed E-state index contributed by atoms with van der Waals surface area (Å²) in [6, 6.07) is 12.0. The zero-order valence-corrected chi connectivity index (χ0v) is 18.3. The number of furan rings is 1. The maximum absolute atomic E-state index is 12.9. The Morgan fingerprint density at radius 3 is 2.38 bits per heavy atom. The normalized spacial score (nSPS) is 11.2. The largest absolute Gasteiger partial charge is 0.455 e. The van der Waals surface area contributed by atoms with Gasteiger partial charge < -0.3 is 18.8 Å². The van der Waals surface area contributed by atoms with Gasteiger partial charge in [0.2, 0.25) is 0 Å². The first-order chi connectivity index (χ1) is 14.0. The third-order valence-corrected chi connectivity index (χ3v) is 5.64. The second-order valence-electron chi connectivity index (χ2n) is 7.25. The molecule has 2 heterocycles. The van der Waals surface area contributed by atoms with E-state index >= 15 is 0 Å². The summed E-state index contributed by atoms with van der Waals surface area (Å²) in [5.41, 5.74) is 2.37. The summed E-state index contributed by atoms with van der Waals surface area (Å²) >= 11 is 1.58. The Morgan fingerprint density at radius 1 is 1.10 bits per heavy atom. The molecule has 0 unspecified atom stereocenters. The molecule has 0 spiro atoms. The lowest BCUT2D eigenvalue weighted by Crippen LogP contribution is -2.30. The number of thioether (sulfide) groups is 1. The molecular weight excluding hydrogens is 384 g/mol. The molecule has 1 amide bonds. The Hall–Kier alpha value is -2.51. The number of hydrogen-bond acceptors (Lipinski definition) is 5. The molecule has 3 aromatic rings. The van der Waals surface area contributed by atoms with Crippen molar-refractivity contribution in [1.29, 1.82) is 0 Å². The Kier molecular flexibility index (Phi) is 7.17. The molecular formula is C22H28N4O2S. The Balaban J connectivity index is 1.60. The van der Waals surface area contributed by atoms with Crippen LogP contribution in [0.15, 0.2) is 58.4 Å². The third kappa shape index (κ3) is 5.74. The molecule has 6 nitrogen and oxygen atoms in total. The lowest BCUT2D eigenvalue weighted by molar-refractivity contribution is 0.0719. The SMILES string of the molecule is CCN(Cc1ccc(CN(C)C)cc1)C(=O)c1ccc(CSc2nccn2C)o1. The number of aromatic nitrogens is 2. The second kappa shape index (κ2) is 9.80. The fraction of sp³-hybridized carbons (Fsp3) is 0.364. The van der Waals surface area contributed by atoms with Crippen molar-refractivity contribution in [2.45, 2.75) is 30.9 Å². The maximum Gasteiger partial charge on any atom is 0.289 e. The van der Waals surface area contributed by atoms with Crippen molar-refractivity contribution in [3.8, 4) is 0 Å². The minimum atomic E-state index is -0.0851. The van der Waals surface area contributed by atoms with Crippen molar-refractivity contribution in [2.75, 3.05) is 20.6 Å². The second-order valence-corrected chi connectivity index (χ2v) is 8.19. The summed E-state index contributed by atoms with van der Waals surface area (Å²) in [5.74, 6) is 1.70. The van der Waals surface area contributed by atoms with Crippen molar-refractivity contribution in [3.05, 3.63) is 71.4 Å². The summed E-state index contributed by atoms with van der Waals surface area (Å²) in [7, 11) is 6.06. The number of imidazole rings is 1. The van der Waals surface area contributed by atoms with E-state index in [0.29, 0.717) is 24.6 Å². The van der Waals surface area contributed by atoms with Gasteiger partial charge in [-0.1, -0.05) is 36.0 Å². The van der Waals surface area contributed by atoms with Crippen LogP contribution in [0.1, 0.15) is 34.4 Å². The molecule has 0 aliphatic carbocycles. The molecule has 0 N–H and O–H groups in total. The van der Waals surface area contributed by atoms with Gasteiger partial charge in [-0.05, 0) is 44.3 Å². The molecule has 154 valence electrons. The van der Waals surface area contributed by atoms with Crippen LogP contribution in [0.3, 0.4) is 0 Å². The Morgan fingerprint density at radius 2 is 1.79 bits per heavy atom. The summed E-state index contributed by atoms with van der Waals surface area (Å²) in [6.45, 7) is 4.08. The van der Waals surface area contributed by atoms with Gasteiger partial charge in [0.25, 0.3) is 5.91 Å². The van der Waals surface area contributed by atoms with Crippen LogP contribution < -0.4 is 0 Å². The standard InChI is InChI=1S/C22H28N4O2S/c1-5-26(15-18-8-6-17(7-9-18)14-24(2)3)21(27)20-11-10-19(28-20)16-29-22-23-12-13-25(22)4/h6-13H,5,14-16H2,1-4H3. The van der Waals surface area contributed by atoms with Crippen LogP contribution in [-0.4, -0.2) is 45.9 Å². The Bertz CT molecular complexity index is 930. The van der Waals surface area contributed by atoms with Gasteiger partial charge >= 0.3 is 0 Å². The summed E-state index contributed by atoms with van der Waals surface area (Å²) in [6.07, 6.45) is 3.68. The monoisotopic (exact) mass is 412 g/mol. The highest BCUT2D eigenvalue weighted by molar-refractivity contribution is 7.98. The van der Waals surface area contributed by atoms with Gasteiger partial charge in [0, 0.05) is 39.1 Å². The highest BCUT2D eigenvalue weighted by Crippen LogP contribution is 2.22. The number of hydrogen-bond donors (Lipinski definition) is 0. The van der Waals surface area contributed by atoms with Gasteiger partial charge in [0.15, 0.2) is 10.9 Å². The molecule has 0 fully saturated rings. The number of carbonyl (C=O) groups is 1. The van der Waals surface area contributed by atoms with Crippen LogP contribution in [0.5, 0.6) is 0 Å². The topological polar surface area (TPSA) is 54.5 Å². The van der Waals surface area contributed by atoms with E-state index in [1.54, 1.807) is 28.9 Å². The van der Waals surface area contributed by atoms with Crippen LogP contribution >= 0.6 is 11.8 Å². The fourth-order valence-electron chi connectivity index (χ4n) is 3.02. The van der Waals surface area contributed by atoms with E-state index in [1.165, 1.54) is 5.56 Å². The van der Waals surface area contributed by atoms with Gasteiger partial charge in [0.05, 0.1) is 5.75 Å². The van der Waals surface area contributed by atoms with Gasteiger partial charge in [-0.2, -0.15) is 0 Å². The zero-order chi connectivity index (χ0) is 20.8. The number of rotatable bonds is 9. The molecule has 0 atom stereocenters. The van der Waals surface area contributed by atoms with Crippen molar-refractivity contribution < 1.29 is 9.21 Å². The summed E-state index contributed by atoms with van der Waals surface area (Å²) in [4.78, 5) is 21.1. The highest BCUT2D eigenvalue weighted by atomic mass is 32.2.